The molecule has 30 heavy (non-hydrogen) atoms. The van der Waals surface area contributed by atoms with Crippen molar-refractivity contribution in [3.05, 3.63) is 88.4 Å². The molecule has 7 heteroatoms. The Balaban J connectivity index is 1.65. The highest BCUT2D eigenvalue weighted by atomic mass is 35.5. The van der Waals surface area contributed by atoms with Crippen molar-refractivity contribution in [3.8, 4) is 0 Å². The summed E-state index contributed by atoms with van der Waals surface area (Å²) in [6.07, 6.45) is 0.591. The Hall–Kier alpha value is -2.83. The molecule has 0 unspecified atom stereocenters. The molecule has 1 aliphatic rings. The summed E-state index contributed by atoms with van der Waals surface area (Å²) in [4.78, 5) is 14.9. The average molecular weight is 441 g/mol. The van der Waals surface area contributed by atoms with Crippen molar-refractivity contribution < 1.29 is 13.2 Å². The molecule has 0 radical (unpaired) electrons. The molecule has 3 aromatic rings. The molecule has 0 spiro atoms. The molecule has 0 saturated heterocycles. The normalized spacial score (nSPS) is 15.7. The topological polar surface area (TPSA) is 66.5 Å². The molecule has 0 saturated carbocycles. The van der Waals surface area contributed by atoms with Crippen LogP contribution in [0, 0.1) is 6.92 Å². The molecule has 1 amide bonds. The smallest absolute Gasteiger partial charge is 0.261 e. The van der Waals surface area contributed by atoms with Crippen LogP contribution in [0.5, 0.6) is 0 Å². The van der Waals surface area contributed by atoms with Gasteiger partial charge in [-0.1, -0.05) is 35.9 Å². The van der Waals surface area contributed by atoms with Gasteiger partial charge in [0.05, 0.1) is 10.6 Å². The number of anilines is 2. The number of sulfonamides is 1. The quantitative estimate of drug-likeness (QED) is 0.618. The summed E-state index contributed by atoms with van der Waals surface area (Å²) < 4.78 is 28.5. The van der Waals surface area contributed by atoms with Gasteiger partial charge in [0.2, 0.25) is 0 Å². The lowest BCUT2D eigenvalue weighted by molar-refractivity contribution is 0.0981. The Morgan fingerprint density at radius 2 is 1.80 bits per heavy atom. The van der Waals surface area contributed by atoms with Crippen LogP contribution < -0.4 is 9.62 Å². The van der Waals surface area contributed by atoms with Crippen LogP contribution in [0.1, 0.15) is 28.4 Å². The van der Waals surface area contributed by atoms with E-state index < -0.39 is 10.0 Å². The first kappa shape index (κ1) is 20.4. The highest BCUT2D eigenvalue weighted by Gasteiger charge is 2.32. The first-order valence-electron chi connectivity index (χ1n) is 9.57. The molecule has 1 heterocycles. The molecule has 0 aromatic heterocycles. The lowest BCUT2D eigenvalue weighted by Crippen LogP contribution is -2.35. The zero-order valence-corrected chi connectivity index (χ0v) is 18.2. The number of carbonyl (C=O) groups is 1. The van der Waals surface area contributed by atoms with Gasteiger partial charge in [-0.3, -0.25) is 9.52 Å². The van der Waals surface area contributed by atoms with Gasteiger partial charge in [0.15, 0.2) is 0 Å². The van der Waals surface area contributed by atoms with Gasteiger partial charge in [-0.25, -0.2) is 8.42 Å². The standard InChI is InChI=1S/C23H21ClN2O3S/c1-15-8-9-19(24)14-21(15)25-30(28,29)20-10-11-22-18(13-20)12-16(2)26(22)23(27)17-6-4-3-5-7-17/h3-11,13-14,16,25H,12H2,1-2H3/t16-/m1/s1. The highest BCUT2D eigenvalue weighted by Crippen LogP contribution is 2.35. The number of hydrogen-bond donors (Lipinski definition) is 1. The Bertz CT molecular complexity index is 1230. The molecule has 5 nitrogen and oxygen atoms in total. The van der Waals surface area contributed by atoms with Crippen molar-refractivity contribution in [1.82, 2.24) is 0 Å². The third kappa shape index (κ3) is 3.80. The summed E-state index contributed by atoms with van der Waals surface area (Å²) in [6, 6.07) is 19.0. The minimum absolute atomic E-state index is 0.0613. The molecule has 4 rings (SSSR count). The molecule has 1 N–H and O–H groups in total. The number of nitrogens with one attached hydrogen (secondary N) is 1. The van der Waals surface area contributed by atoms with Crippen molar-refractivity contribution in [1.29, 1.82) is 0 Å². The molecule has 0 bridgehead atoms. The highest BCUT2D eigenvalue weighted by molar-refractivity contribution is 7.92. The van der Waals surface area contributed by atoms with Gasteiger partial charge in [-0.05, 0) is 73.9 Å². The third-order valence-electron chi connectivity index (χ3n) is 5.26. The van der Waals surface area contributed by atoms with Crippen LogP contribution in [-0.4, -0.2) is 20.4 Å². The van der Waals surface area contributed by atoms with Crippen molar-refractivity contribution in [2.45, 2.75) is 31.2 Å². The number of nitrogens with zero attached hydrogens (tertiary/aromatic N) is 1. The second-order valence-corrected chi connectivity index (χ2v) is 9.57. The van der Waals surface area contributed by atoms with Crippen LogP contribution in [0.25, 0.3) is 0 Å². The van der Waals surface area contributed by atoms with Gasteiger partial charge in [0.25, 0.3) is 15.9 Å². The van der Waals surface area contributed by atoms with Crippen molar-refractivity contribution in [2.75, 3.05) is 9.62 Å². The Labute approximate surface area is 181 Å². The minimum Gasteiger partial charge on any atom is -0.305 e. The number of benzene rings is 3. The van der Waals surface area contributed by atoms with E-state index in [0.717, 1.165) is 16.8 Å². The van der Waals surface area contributed by atoms with Crippen molar-refractivity contribution >= 4 is 38.9 Å². The lowest BCUT2D eigenvalue weighted by atomic mass is 10.1. The molecular weight excluding hydrogens is 420 g/mol. The minimum atomic E-state index is -3.79. The predicted molar refractivity (Wildman–Crippen MR) is 120 cm³/mol. The molecule has 1 atom stereocenters. The second kappa shape index (κ2) is 7.78. The predicted octanol–water partition coefficient (Wildman–Crippen LogP) is 5.04. The molecular formula is C23H21ClN2O3S. The van der Waals surface area contributed by atoms with E-state index in [0.29, 0.717) is 22.7 Å². The van der Waals surface area contributed by atoms with E-state index >= 15 is 0 Å². The Morgan fingerprint density at radius 3 is 2.53 bits per heavy atom. The van der Waals surface area contributed by atoms with E-state index in [-0.39, 0.29) is 16.8 Å². The molecule has 0 aliphatic carbocycles. The fraction of sp³-hybridized carbons (Fsp3) is 0.174. The fourth-order valence-electron chi connectivity index (χ4n) is 3.71. The van der Waals surface area contributed by atoms with E-state index in [1.165, 1.54) is 6.07 Å². The Kier molecular flexibility index (Phi) is 5.30. The van der Waals surface area contributed by atoms with Crippen LogP contribution in [0.2, 0.25) is 5.02 Å². The summed E-state index contributed by atoms with van der Waals surface area (Å²) in [6.45, 7) is 3.77. The van der Waals surface area contributed by atoms with Gasteiger partial charge in [0.1, 0.15) is 0 Å². The molecule has 3 aromatic carbocycles. The Morgan fingerprint density at radius 1 is 1.07 bits per heavy atom. The second-order valence-electron chi connectivity index (χ2n) is 7.45. The first-order valence-corrected chi connectivity index (χ1v) is 11.4. The van der Waals surface area contributed by atoms with Crippen LogP contribution in [0.3, 0.4) is 0 Å². The van der Waals surface area contributed by atoms with Gasteiger partial charge in [-0.2, -0.15) is 0 Å². The fourth-order valence-corrected chi connectivity index (χ4v) is 5.06. The number of rotatable bonds is 4. The maximum Gasteiger partial charge on any atom is 0.261 e. The molecule has 0 fully saturated rings. The maximum atomic E-state index is 13.0. The van der Waals surface area contributed by atoms with Crippen LogP contribution in [0.4, 0.5) is 11.4 Å². The van der Waals surface area contributed by atoms with E-state index in [4.69, 9.17) is 11.6 Å². The van der Waals surface area contributed by atoms with Crippen LogP contribution in [-0.2, 0) is 16.4 Å². The summed E-state index contributed by atoms with van der Waals surface area (Å²) in [7, 11) is -3.79. The van der Waals surface area contributed by atoms with Crippen molar-refractivity contribution in [3.63, 3.8) is 0 Å². The number of halogens is 1. The van der Waals surface area contributed by atoms with Gasteiger partial charge in [0, 0.05) is 22.3 Å². The maximum absolute atomic E-state index is 13.0. The number of amides is 1. The number of aryl methyl sites for hydroxylation is 1. The summed E-state index contributed by atoms with van der Waals surface area (Å²) in [5.41, 5.74) is 3.40. The summed E-state index contributed by atoms with van der Waals surface area (Å²) in [5, 5.41) is 0.455. The molecule has 1 aliphatic heterocycles. The van der Waals surface area contributed by atoms with Crippen LogP contribution in [0.15, 0.2) is 71.6 Å². The summed E-state index contributed by atoms with van der Waals surface area (Å²) in [5.74, 6) is -0.0925. The molecule has 154 valence electrons. The number of fused-ring (bicyclic) bond motifs is 1. The first-order chi connectivity index (χ1) is 14.3. The van der Waals surface area contributed by atoms with E-state index in [2.05, 4.69) is 4.72 Å². The van der Waals surface area contributed by atoms with E-state index in [9.17, 15) is 13.2 Å². The lowest BCUT2D eigenvalue weighted by Gasteiger charge is -2.23. The zero-order chi connectivity index (χ0) is 21.5. The van der Waals surface area contributed by atoms with Crippen LogP contribution >= 0.6 is 11.6 Å². The van der Waals surface area contributed by atoms with Gasteiger partial charge < -0.3 is 4.90 Å². The van der Waals surface area contributed by atoms with Gasteiger partial charge in [-0.15, -0.1) is 0 Å². The third-order valence-corrected chi connectivity index (χ3v) is 6.86. The summed E-state index contributed by atoms with van der Waals surface area (Å²) >= 11 is 6.01. The van der Waals surface area contributed by atoms with E-state index in [1.807, 2.05) is 32.0 Å². The SMILES string of the molecule is Cc1ccc(Cl)cc1NS(=O)(=O)c1ccc2c(c1)C[C@@H](C)N2C(=O)c1ccccc1. The number of carbonyl (C=O) groups excluding carboxylic acids is 1. The largest absolute Gasteiger partial charge is 0.305 e. The van der Waals surface area contributed by atoms with Gasteiger partial charge >= 0.3 is 0 Å². The van der Waals surface area contributed by atoms with Crippen molar-refractivity contribution in [2.24, 2.45) is 0 Å². The van der Waals surface area contributed by atoms with E-state index in [1.54, 1.807) is 47.4 Å². The average Bonchev–Trinajstić information content (AvgIpc) is 3.05. The number of hydrogen-bond acceptors (Lipinski definition) is 3. The monoisotopic (exact) mass is 440 g/mol. The zero-order valence-electron chi connectivity index (χ0n) is 16.6.